The van der Waals surface area contributed by atoms with E-state index in [9.17, 15) is 23.5 Å². The van der Waals surface area contributed by atoms with Gasteiger partial charge < -0.3 is 10.4 Å². The number of carbonyl (C=O) groups excluding carboxylic acids is 1. The fourth-order valence-electron chi connectivity index (χ4n) is 2.36. The molecular weight excluding hydrogens is 340 g/mol. The fraction of sp³-hybridized carbons (Fsp3) is 0.300. The van der Waals surface area contributed by atoms with E-state index < -0.39 is 35.1 Å². The Balaban J connectivity index is 0.00000163. The summed E-state index contributed by atoms with van der Waals surface area (Å²) in [4.78, 5) is 23.5. The first kappa shape index (κ1) is 21.3. The molecule has 0 heterocycles. The largest absolute Gasteiger partial charge is 0.480 e. The number of halogens is 2. The monoisotopic (exact) mass is 363 g/mol. The molecule has 2 rings (SSSR count). The first-order chi connectivity index (χ1) is 12.4. The average molecular weight is 363 g/mol. The summed E-state index contributed by atoms with van der Waals surface area (Å²) in [7, 11) is 0. The zero-order valence-corrected chi connectivity index (χ0v) is 15.1. The molecule has 0 aliphatic heterocycles. The number of hydrogen-bond acceptors (Lipinski definition) is 2. The third-order valence-corrected chi connectivity index (χ3v) is 3.63. The Morgan fingerprint density at radius 3 is 2.12 bits per heavy atom. The molecule has 0 radical (unpaired) electrons. The van der Waals surface area contributed by atoms with Gasteiger partial charge >= 0.3 is 5.97 Å². The van der Waals surface area contributed by atoms with Crippen LogP contribution in [0.1, 0.15) is 42.3 Å². The Morgan fingerprint density at radius 2 is 1.58 bits per heavy atom. The molecule has 6 heteroatoms. The minimum Gasteiger partial charge on any atom is -0.480 e. The zero-order valence-electron chi connectivity index (χ0n) is 15.1. The van der Waals surface area contributed by atoms with Crippen molar-refractivity contribution in [1.29, 1.82) is 0 Å². The quantitative estimate of drug-likeness (QED) is 0.816. The maximum absolute atomic E-state index is 13.6. The Bertz CT molecular complexity index is 742. The van der Waals surface area contributed by atoms with Crippen LogP contribution in [-0.2, 0) is 17.6 Å². The Labute approximate surface area is 151 Å². The van der Waals surface area contributed by atoms with E-state index in [4.69, 9.17) is 0 Å². The summed E-state index contributed by atoms with van der Waals surface area (Å²) < 4.78 is 27.3. The van der Waals surface area contributed by atoms with Gasteiger partial charge in [0.1, 0.15) is 23.2 Å². The normalized spacial score (nSPS) is 11.1. The number of carbonyl (C=O) groups is 2. The lowest BCUT2D eigenvalue weighted by Crippen LogP contribution is -2.43. The van der Waals surface area contributed by atoms with Gasteiger partial charge in [-0.3, -0.25) is 4.79 Å². The third kappa shape index (κ3) is 5.65. The number of carboxylic acid groups (broad SMARTS) is 1. The molecule has 0 aliphatic rings. The van der Waals surface area contributed by atoms with E-state index in [0.717, 1.165) is 35.7 Å². The van der Waals surface area contributed by atoms with Gasteiger partial charge in [-0.2, -0.15) is 0 Å². The molecule has 0 aliphatic carbocycles. The molecule has 0 bridgehead atoms. The molecule has 2 N–H and O–H groups in total. The topological polar surface area (TPSA) is 66.4 Å². The third-order valence-electron chi connectivity index (χ3n) is 3.63. The van der Waals surface area contributed by atoms with Crippen LogP contribution in [0, 0.1) is 11.6 Å². The molecule has 140 valence electrons. The van der Waals surface area contributed by atoms with Crippen LogP contribution in [0.2, 0.25) is 0 Å². The number of hydrogen-bond donors (Lipinski definition) is 2. The van der Waals surface area contributed by atoms with E-state index in [2.05, 4.69) is 5.32 Å². The lowest BCUT2D eigenvalue weighted by molar-refractivity contribution is -0.139. The van der Waals surface area contributed by atoms with E-state index in [1.807, 2.05) is 32.9 Å². The van der Waals surface area contributed by atoms with E-state index in [0.29, 0.717) is 0 Å². The van der Waals surface area contributed by atoms with Crippen molar-refractivity contribution < 1.29 is 23.5 Å². The van der Waals surface area contributed by atoms with Crippen LogP contribution in [0.4, 0.5) is 8.78 Å². The molecule has 4 nitrogen and oxygen atoms in total. The van der Waals surface area contributed by atoms with E-state index >= 15 is 0 Å². The number of nitrogens with one attached hydrogen (secondary N) is 1. The van der Waals surface area contributed by atoms with Crippen molar-refractivity contribution in [3.8, 4) is 0 Å². The summed E-state index contributed by atoms with van der Waals surface area (Å²) in [6.45, 7) is 5.97. The van der Waals surface area contributed by atoms with Crippen LogP contribution in [0.25, 0.3) is 0 Å². The van der Waals surface area contributed by atoms with Gasteiger partial charge in [-0.1, -0.05) is 51.1 Å². The molecule has 0 unspecified atom stereocenters. The van der Waals surface area contributed by atoms with Gasteiger partial charge in [-0.05, 0) is 29.7 Å². The first-order valence-corrected chi connectivity index (χ1v) is 8.48. The maximum atomic E-state index is 13.6. The van der Waals surface area contributed by atoms with Gasteiger partial charge in [0.2, 0.25) is 0 Å². The van der Waals surface area contributed by atoms with Crippen LogP contribution in [0.5, 0.6) is 0 Å². The van der Waals surface area contributed by atoms with Crippen molar-refractivity contribution in [2.45, 2.75) is 39.7 Å². The van der Waals surface area contributed by atoms with Gasteiger partial charge in [0, 0.05) is 6.42 Å². The highest BCUT2D eigenvalue weighted by Crippen LogP contribution is 2.13. The number of rotatable bonds is 6. The van der Waals surface area contributed by atoms with Crippen LogP contribution in [0.15, 0.2) is 42.5 Å². The molecule has 0 spiro atoms. The zero-order chi connectivity index (χ0) is 19.7. The van der Waals surface area contributed by atoms with Crippen LogP contribution >= 0.6 is 0 Å². The number of carboxylic acids is 1. The first-order valence-electron chi connectivity index (χ1n) is 8.48. The molecule has 26 heavy (non-hydrogen) atoms. The molecule has 0 saturated heterocycles. The standard InChI is InChI=1S/C18H17F2NO3.C2H6/c1-2-11-5-3-6-12(9-11)10-15(18(23)24)21-17(22)16-13(19)7-4-8-14(16)20;1-2/h3-9,15H,2,10H2,1H3,(H,21,22)(H,23,24);1-2H3/t15-;/m0./s1. The highest BCUT2D eigenvalue weighted by Gasteiger charge is 2.24. The van der Waals surface area contributed by atoms with Crippen LogP contribution in [0.3, 0.4) is 0 Å². The number of benzene rings is 2. The lowest BCUT2D eigenvalue weighted by atomic mass is 10.0. The second kappa shape index (κ2) is 10.3. The van der Waals surface area contributed by atoms with Crippen molar-refractivity contribution >= 4 is 11.9 Å². The van der Waals surface area contributed by atoms with Crippen molar-refractivity contribution in [1.82, 2.24) is 5.32 Å². The fourth-order valence-corrected chi connectivity index (χ4v) is 2.36. The van der Waals surface area contributed by atoms with E-state index in [1.165, 1.54) is 0 Å². The molecule has 0 aromatic heterocycles. The summed E-state index contributed by atoms with van der Waals surface area (Å²) in [5.41, 5.74) is 0.963. The van der Waals surface area contributed by atoms with E-state index in [-0.39, 0.29) is 6.42 Å². The smallest absolute Gasteiger partial charge is 0.326 e. The Hall–Kier alpha value is -2.76. The molecule has 1 atom stereocenters. The van der Waals surface area contributed by atoms with Crippen molar-refractivity contribution in [2.24, 2.45) is 0 Å². The summed E-state index contributed by atoms with van der Waals surface area (Å²) in [6.07, 6.45) is 0.809. The maximum Gasteiger partial charge on any atom is 0.326 e. The number of amides is 1. The SMILES string of the molecule is CC.CCc1cccc(C[C@H](NC(=O)c2c(F)cccc2F)C(=O)O)c1. The molecule has 2 aromatic rings. The summed E-state index contributed by atoms with van der Waals surface area (Å²) in [5.74, 6) is -4.44. The van der Waals surface area contributed by atoms with Crippen molar-refractivity contribution in [2.75, 3.05) is 0 Å². The Morgan fingerprint density at radius 1 is 1.04 bits per heavy atom. The van der Waals surface area contributed by atoms with Gasteiger partial charge in [0.15, 0.2) is 0 Å². The predicted octanol–water partition coefficient (Wildman–Crippen LogP) is 3.98. The van der Waals surface area contributed by atoms with Crippen LogP contribution < -0.4 is 5.32 Å². The van der Waals surface area contributed by atoms with Crippen molar-refractivity contribution in [3.63, 3.8) is 0 Å². The van der Waals surface area contributed by atoms with Gasteiger partial charge in [0.25, 0.3) is 5.91 Å². The summed E-state index contributed by atoms with van der Waals surface area (Å²) in [5, 5.41) is 11.5. The number of aliphatic carboxylic acids is 1. The minimum absolute atomic E-state index is 0.0188. The van der Waals surface area contributed by atoms with Gasteiger partial charge in [-0.25, -0.2) is 13.6 Å². The van der Waals surface area contributed by atoms with E-state index in [1.54, 1.807) is 12.1 Å². The molecule has 0 fully saturated rings. The summed E-state index contributed by atoms with van der Waals surface area (Å²) >= 11 is 0. The molecule has 1 amide bonds. The van der Waals surface area contributed by atoms with Gasteiger partial charge in [-0.15, -0.1) is 0 Å². The van der Waals surface area contributed by atoms with Crippen molar-refractivity contribution in [3.05, 3.63) is 70.8 Å². The molecule has 0 saturated carbocycles. The molecular formula is C20H23F2NO3. The van der Waals surface area contributed by atoms with Gasteiger partial charge in [0.05, 0.1) is 0 Å². The van der Waals surface area contributed by atoms with Crippen LogP contribution in [-0.4, -0.2) is 23.0 Å². The average Bonchev–Trinajstić information content (AvgIpc) is 2.62. The predicted molar refractivity (Wildman–Crippen MR) is 96.1 cm³/mol. The number of aryl methyl sites for hydroxylation is 1. The summed E-state index contributed by atoms with van der Waals surface area (Å²) in [6, 6.07) is 9.02. The minimum atomic E-state index is -1.29. The highest BCUT2D eigenvalue weighted by atomic mass is 19.1. The molecule has 2 aromatic carbocycles. The lowest BCUT2D eigenvalue weighted by Gasteiger charge is -2.15. The Kier molecular flexibility index (Phi) is 8.42. The second-order valence-corrected chi connectivity index (χ2v) is 5.34. The second-order valence-electron chi connectivity index (χ2n) is 5.34. The highest BCUT2D eigenvalue weighted by molar-refractivity contribution is 5.97.